The third kappa shape index (κ3) is 3.59. The quantitative estimate of drug-likeness (QED) is 0.906. The van der Waals surface area contributed by atoms with Gasteiger partial charge in [0.2, 0.25) is 5.89 Å². The van der Waals surface area contributed by atoms with Crippen molar-refractivity contribution in [1.82, 2.24) is 10.3 Å². The van der Waals surface area contributed by atoms with Crippen molar-refractivity contribution in [3.05, 3.63) is 29.5 Å². The smallest absolute Gasteiger partial charge is 0.236 e. The van der Waals surface area contributed by atoms with E-state index in [1.807, 2.05) is 17.5 Å². The second-order valence-electron chi connectivity index (χ2n) is 5.76. The average Bonchev–Trinajstić information content (AvgIpc) is 3.15. The fraction of sp³-hybridized carbons (Fsp3) is 0.533. The van der Waals surface area contributed by atoms with Gasteiger partial charge in [-0.05, 0) is 24.3 Å². The van der Waals surface area contributed by atoms with Crippen molar-refractivity contribution < 1.29 is 12.8 Å². The molecule has 0 radical (unpaired) electrons. The summed E-state index contributed by atoms with van der Waals surface area (Å²) in [6, 6.07) is 3.93. The highest BCUT2D eigenvalue weighted by atomic mass is 32.2. The maximum atomic E-state index is 11.9. The fourth-order valence-corrected chi connectivity index (χ4v) is 5.06. The van der Waals surface area contributed by atoms with Crippen molar-refractivity contribution in [2.75, 3.05) is 6.26 Å². The van der Waals surface area contributed by atoms with Crippen LogP contribution in [0, 0.1) is 0 Å². The Morgan fingerprint density at radius 1 is 1.41 bits per heavy atom. The summed E-state index contributed by atoms with van der Waals surface area (Å²) in [6.45, 7) is 0.533. The van der Waals surface area contributed by atoms with Gasteiger partial charge in [-0.3, -0.25) is 0 Å². The molecule has 2 aromatic heterocycles. The molecule has 0 aromatic carbocycles. The van der Waals surface area contributed by atoms with Crippen molar-refractivity contribution in [1.29, 1.82) is 0 Å². The highest BCUT2D eigenvalue weighted by Gasteiger charge is 2.32. The predicted octanol–water partition coefficient (Wildman–Crippen LogP) is 2.85. The molecule has 22 heavy (non-hydrogen) atoms. The van der Waals surface area contributed by atoms with E-state index >= 15 is 0 Å². The molecule has 7 heteroatoms. The Bertz CT molecular complexity index is 707. The topological polar surface area (TPSA) is 72.2 Å². The summed E-state index contributed by atoms with van der Waals surface area (Å²) in [7, 11) is -3.01. The lowest BCUT2D eigenvalue weighted by Crippen LogP contribution is -2.45. The van der Waals surface area contributed by atoms with Gasteiger partial charge in [-0.25, -0.2) is 13.4 Å². The highest BCUT2D eigenvalue weighted by Crippen LogP contribution is 2.26. The number of rotatable bonds is 5. The first-order chi connectivity index (χ1) is 10.5. The van der Waals surface area contributed by atoms with Crippen LogP contribution < -0.4 is 5.32 Å². The molecule has 1 aliphatic carbocycles. The first-order valence-electron chi connectivity index (χ1n) is 7.44. The van der Waals surface area contributed by atoms with Crippen LogP contribution in [0.5, 0.6) is 0 Å². The van der Waals surface area contributed by atoms with E-state index in [0.29, 0.717) is 12.4 Å². The van der Waals surface area contributed by atoms with E-state index in [1.54, 1.807) is 17.6 Å². The maximum Gasteiger partial charge on any atom is 0.236 e. The molecule has 1 saturated carbocycles. The zero-order valence-corrected chi connectivity index (χ0v) is 14.1. The normalized spacial score (nSPS) is 22.8. The number of nitrogens with zero attached hydrogens (tertiary/aromatic N) is 1. The van der Waals surface area contributed by atoms with Gasteiger partial charge >= 0.3 is 0 Å². The molecule has 5 nitrogen and oxygen atoms in total. The molecule has 1 fully saturated rings. The van der Waals surface area contributed by atoms with E-state index in [1.165, 1.54) is 6.26 Å². The number of hydrogen-bond donors (Lipinski definition) is 1. The molecule has 0 aliphatic heterocycles. The van der Waals surface area contributed by atoms with Gasteiger partial charge < -0.3 is 9.73 Å². The van der Waals surface area contributed by atoms with Gasteiger partial charge in [0.25, 0.3) is 0 Å². The van der Waals surface area contributed by atoms with Crippen LogP contribution >= 0.6 is 11.3 Å². The first kappa shape index (κ1) is 15.7. The van der Waals surface area contributed by atoms with Crippen LogP contribution in [-0.2, 0) is 16.4 Å². The summed E-state index contributed by atoms with van der Waals surface area (Å²) in [5, 5.41) is 5.05. The number of oxazole rings is 1. The molecule has 1 N–H and O–H groups in total. The van der Waals surface area contributed by atoms with E-state index < -0.39 is 9.84 Å². The summed E-state index contributed by atoms with van der Waals surface area (Å²) in [5.74, 6) is 0.620. The summed E-state index contributed by atoms with van der Waals surface area (Å²) < 4.78 is 29.3. The van der Waals surface area contributed by atoms with Crippen molar-refractivity contribution in [2.24, 2.45) is 0 Å². The molecule has 0 bridgehead atoms. The van der Waals surface area contributed by atoms with Crippen LogP contribution in [0.15, 0.2) is 28.2 Å². The molecule has 0 saturated heterocycles. The van der Waals surface area contributed by atoms with E-state index in [0.717, 1.165) is 36.3 Å². The van der Waals surface area contributed by atoms with E-state index in [9.17, 15) is 8.42 Å². The minimum atomic E-state index is -3.01. The summed E-state index contributed by atoms with van der Waals surface area (Å²) in [5.41, 5.74) is 0.807. The summed E-state index contributed by atoms with van der Waals surface area (Å²) in [6.07, 6.45) is 6.68. The molecular formula is C15H20N2O3S2. The SMILES string of the molecule is CS(=O)(=O)C1CCCCC1NCc1coc(-c2cccs2)n1. The molecule has 0 spiro atoms. The number of nitrogens with one attached hydrogen (secondary N) is 1. The Morgan fingerprint density at radius 3 is 2.95 bits per heavy atom. The summed E-state index contributed by atoms with van der Waals surface area (Å²) in [4.78, 5) is 5.45. The molecule has 0 amide bonds. The van der Waals surface area contributed by atoms with E-state index in [-0.39, 0.29) is 11.3 Å². The Hall–Kier alpha value is -1.18. The number of sulfone groups is 1. The first-order valence-corrected chi connectivity index (χ1v) is 10.3. The molecule has 2 atom stereocenters. The van der Waals surface area contributed by atoms with Crippen molar-refractivity contribution in [3.8, 4) is 10.8 Å². The number of thiophene rings is 1. The van der Waals surface area contributed by atoms with Crippen LogP contribution in [-0.4, -0.2) is 30.9 Å². The Labute approximate surface area is 134 Å². The maximum absolute atomic E-state index is 11.9. The molecule has 2 unspecified atom stereocenters. The Morgan fingerprint density at radius 2 is 2.23 bits per heavy atom. The molecular weight excluding hydrogens is 320 g/mol. The lowest BCUT2D eigenvalue weighted by atomic mass is 9.95. The average molecular weight is 340 g/mol. The van der Waals surface area contributed by atoms with Crippen LogP contribution in [0.2, 0.25) is 0 Å². The highest BCUT2D eigenvalue weighted by molar-refractivity contribution is 7.91. The van der Waals surface area contributed by atoms with Crippen LogP contribution in [0.4, 0.5) is 0 Å². The van der Waals surface area contributed by atoms with Crippen molar-refractivity contribution in [3.63, 3.8) is 0 Å². The van der Waals surface area contributed by atoms with Gasteiger partial charge in [0, 0.05) is 18.8 Å². The van der Waals surface area contributed by atoms with Gasteiger partial charge in [0.1, 0.15) is 6.26 Å². The second kappa shape index (κ2) is 6.52. The number of hydrogen-bond acceptors (Lipinski definition) is 6. The van der Waals surface area contributed by atoms with Crippen LogP contribution in [0.3, 0.4) is 0 Å². The van der Waals surface area contributed by atoms with Crippen LogP contribution in [0.1, 0.15) is 31.4 Å². The minimum absolute atomic E-state index is 0.00522. The molecule has 120 valence electrons. The molecule has 1 aliphatic rings. The van der Waals surface area contributed by atoms with Crippen molar-refractivity contribution in [2.45, 2.75) is 43.5 Å². The van der Waals surface area contributed by atoms with Gasteiger partial charge in [-0.1, -0.05) is 18.9 Å². The van der Waals surface area contributed by atoms with E-state index in [4.69, 9.17) is 4.42 Å². The van der Waals surface area contributed by atoms with Gasteiger partial charge in [0.15, 0.2) is 9.84 Å². The zero-order valence-electron chi connectivity index (χ0n) is 12.5. The largest absolute Gasteiger partial charge is 0.444 e. The lowest BCUT2D eigenvalue weighted by molar-refractivity contribution is 0.369. The molecule has 2 heterocycles. The Balaban J connectivity index is 1.64. The minimum Gasteiger partial charge on any atom is -0.444 e. The van der Waals surface area contributed by atoms with E-state index in [2.05, 4.69) is 10.3 Å². The van der Waals surface area contributed by atoms with Gasteiger partial charge in [-0.15, -0.1) is 11.3 Å². The fourth-order valence-electron chi connectivity index (χ4n) is 2.98. The Kier molecular flexibility index (Phi) is 4.65. The standard InChI is InChI=1S/C15H20N2O3S2/c1-22(18,19)14-7-3-2-5-12(14)16-9-11-10-20-15(17-11)13-6-4-8-21-13/h4,6,8,10,12,14,16H,2-3,5,7,9H2,1H3. The van der Waals surface area contributed by atoms with Gasteiger partial charge in [-0.2, -0.15) is 0 Å². The molecule has 3 rings (SSSR count). The van der Waals surface area contributed by atoms with Crippen LogP contribution in [0.25, 0.3) is 10.8 Å². The zero-order chi connectivity index (χ0) is 15.6. The predicted molar refractivity (Wildman–Crippen MR) is 87.5 cm³/mol. The monoisotopic (exact) mass is 340 g/mol. The molecule has 2 aromatic rings. The third-order valence-electron chi connectivity index (χ3n) is 4.08. The summed E-state index contributed by atoms with van der Waals surface area (Å²) >= 11 is 1.58. The second-order valence-corrected chi connectivity index (χ2v) is 8.97. The van der Waals surface area contributed by atoms with Gasteiger partial charge in [0.05, 0.1) is 15.8 Å². The lowest BCUT2D eigenvalue weighted by Gasteiger charge is -2.30. The number of aromatic nitrogens is 1. The van der Waals surface area contributed by atoms with Crippen molar-refractivity contribution >= 4 is 21.2 Å². The third-order valence-corrected chi connectivity index (χ3v) is 6.60.